The van der Waals surface area contributed by atoms with E-state index < -0.39 is 10.0 Å². The van der Waals surface area contributed by atoms with Crippen LogP contribution < -0.4 is 4.72 Å². The van der Waals surface area contributed by atoms with Crippen LogP contribution in [0.25, 0.3) is 11.0 Å². The number of aromatic nitrogens is 2. The van der Waals surface area contributed by atoms with Gasteiger partial charge in [-0.25, -0.2) is 18.1 Å². The molecule has 3 rings (SSSR count). The second kappa shape index (κ2) is 8.53. The highest BCUT2D eigenvalue weighted by Crippen LogP contribution is 2.16. The second-order valence-corrected chi connectivity index (χ2v) is 8.10. The maximum absolute atomic E-state index is 12.5. The third kappa shape index (κ3) is 4.23. The van der Waals surface area contributed by atoms with Gasteiger partial charge in [-0.3, -0.25) is 4.79 Å². The molecule has 148 valence electrons. The summed E-state index contributed by atoms with van der Waals surface area (Å²) in [5.74, 6) is -0.0166. The number of fused-ring (bicyclic) bond motifs is 1. The van der Waals surface area contributed by atoms with Crippen LogP contribution in [-0.4, -0.2) is 48.4 Å². The third-order valence-corrected chi connectivity index (χ3v) is 6.09. The molecule has 28 heavy (non-hydrogen) atoms. The van der Waals surface area contributed by atoms with Crippen LogP contribution in [0.15, 0.2) is 59.8 Å². The maximum atomic E-state index is 12.5. The van der Waals surface area contributed by atoms with Gasteiger partial charge < -0.3 is 9.47 Å². The van der Waals surface area contributed by atoms with Crippen molar-refractivity contribution < 1.29 is 13.2 Å². The van der Waals surface area contributed by atoms with Gasteiger partial charge in [0.15, 0.2) is 0 Å². The van der Waals surface area contributed by atoms with E-state index in [1.54, 1.807) is 53.7 Å². The minimum Gasteiger partial charge on any atom is -0.339 e. The van der Waals surface area contributed by atoms with Gasteiger partial charge in [0.25, 0.3) is 5.91 Å². The van der Waals surface area contributed by atoms with Gasteiger partial charge >= 0.3 is 0 Å². The highest BCUT2D eigenvalue weighted by Gasteiger charge is 2.15. The van der Waals surface area contributed by atoms with Gasteiger partial charge in [0.2, 0.25) is 10.0 Å². The number of hydrogen-bond acceptors (Lipinski definition) is 4. The summed E-state index contributed by atoms with van der Waals surface area (Å²) in [6, 6.07) is 13.7. The molecule has 0 aliphatic carbocycles. The lowest BCUT2D eigenvalue weighted by Gasteiger charge is -2.18. The van der Waals surface area contributed by atoms with Crippen LogP contribution in [0, 0.1) is 0 Å². The Balaban J connectivity index is 1.70. The predicted octanol–water partition coefficient (Wildman–Crippen LogP) is 2.50. The molecule has 1 N–H and O–H groups in total. The first-order valence-electron chi connectivity index (χ1n) is 9.25. The lowest BCUT2D eigenvalue weighted by Crippen LogP contribution is -2.30. The predicted molar refractivity (Wildman–Crippen MR) is 109 cm³/mol. The van der Waals surface area contributed by atoms with Crippen LogP contribution >= 0.6 is 0 Å². The molecule has 2 aromatic carbocycles. The van der Waals surface area contributed by atoms with Crippen LogP contribution in [0.3, 0.4) is 0 Å². The Morgan fingerprint density at radius 2 is 1.82 bits per heavy atom. The van der Waals surface area contributed by atoms with E-state index in [2.05, 4.69) is 9.71 Å². The van der Waals surface area contributed by atoms with Gasteiger partial charge in [0.05, 0.1) is 22.3 Å². The first kappa shape index (κ1) is 20.0. The molecule has 1 amide bonds. The normalized spacial score (nSPS) is 11.6. The summed E-state index contributed by atoms with van der Waals surface area (Å²) in [7, 11) is -3.53. The van der Waals surface area contributed by atoms with E-state index in [0.29, 0.717) is 30.7 Å². The molecule has 0 atom stereocenters. The number of carbonyl (C=O) groups excluding carboxylic acids is 1. The van der Waals surface area contributed by atoms with Crippen molar-refractivity contribution in [2.75, 3.05) is 19.6 Å². The van der Waals surface area contributed by atoms with Crippen molar-refractivity contribution >= 4 is 27.0 Å². The lowest BCUT2D eigenvalue weighted by molar-refractivity contribution is 0.0773. The molecule has 3 aromatic rings. The Morgan fingerprint density at radius 3 is 2.50 bits per heavy atom. The van der Waals surface area contributed by atoms with Crippen molar-refractivity contribution in [2.45, 2.75) is 25.3 Å². The molecule has 0 bridgehead atoms. The smallest absolute Gasteiger partial charge is 0.253 e. The van der Waals surface area contributed by atoms with Gasteiger partial charge in [-0.15, -0.1) is 0 Å². The molecule has 0 unspecified atom stereocenters. The zero-order valence-corrected chi connectivity index (χ0v) is 16.8. The van der Waals surface area contributed by atoms with E-state index in [1.165, 1.54) is 0 Å². The molecule has 0 saturated heterocycles. The highest BCUT2D eigenvalue weighted by molar-refractivity contribution is 7.89. The first-order chi connectivity index (χ1) is 13.5. The summed E-state index contributed by atoms with van der Waals surface area (Å²) in [4.78, 5) is 18.9. The van der Waals surface area contributed by atoms with Gasteiger partial charge in [-0.05, 0) is 44.2 Å². The van der Waals surface area contributed by atoms with E-state index in [0.717, 1.165) is 5.52 Å². The molecule has 0 aliphatic heterocycles. The summed E-state index contributed by atoms with van der Waals surface area (Å²) < 4.78 is 29.0. The summed E-state index contributed by atoms with van der Waals surface area (Å²) in [6.07, 6.45) is 1.66. The van der Waals surface area contributed by atoms with Crippen molar-refractivity contribution in [2.24, 2.45) is 0 Å². The average Bonchev–Trinajstić information content (AvgIpc) is 3.11. The quantitative estimate of drug-likeness (QED) is 0.630. The number of benzene rings is 2. The van der Waals surface area contributed by atoms with E-state index in [9.17, 15) is 13.2 Å². The Bertz CT molecular complexity index is 1060. The van der Waals surface area contributed by atoms with E-state index in [1.807, 2.05) is 24.5 Å². The molecule has 8 heteroatoms. The molecular formula is C20H24N4O3S. The largest absolute Gasteiger partial charge is 0.339 e. The zero-order valence-electron chi connectivity index (χ0n) is 16.0. The molecule has 1 heterocycles. The van der Waals surface area contributed by atoms with Crippen LogP contribution in [0.1, 0.15) is 24.2 Å². The van der Waals surface area contributed by atoms with Gasteiger partial charge in [0.1, 0.15) is 0 Å². The molecule has 1 aromatic heterocycles. The summed E-state index contributed by atoms with van der Waals surface area (Å²) >= 11 is 0. The minimum absolute atomic E-state index is 0.0166. The number of rotatable bonds is 8. The lowest BCUT2D eigenvalue weighted by atomic mass is 10.1. The Morgan fingerprint density at radius 1 is 1.11 bits per heavy atom. The van der Waals surface area contributed by atoms with Crippen LogP contribution in [0.5, 0.6) is 0 Å². The molecule has 0 fully saturated rings. The fourth-order valence-electron chi connectivity index (χ4n) is 3.05. The van der Waals surface area contributed by atoms with E-state index in [-0.39, 0.29) is 17.3 Å². The van der Waals surface area contributed by atoms with Crippen LogP contribution in [0.4, 0.5) is 0 Å². The van der Waals surface area contributed by atoms with Gasteiger partial charge in [-0.1, -0.05) is 18.2 Å². The minimum atomic E-state index is -3.53. The fourth-order valence-corrected chi connectivity index (χ4v) is 4.09. The molecule has 0 saturated carbocycles. The molecule has 0 radical (unpaired) electrons. The van der Waals surface area contributed by atoms with Gasteiger partial charge in [-0.2, -0.15) is 0 Å². The van der Waals surface area contributed by atoms with E-state index >= 15 is 0 Å². The second-order valence-electron chi connectivity index (χ2n) is 6.33. The zero-order chi connectivity index (χ0) is 20.1. The van der Waals surface area contributed by atoms with E-state index in [4.69, 9.17) is 0 Å². The molecular weight excluding hydrogens is 376 g/mol. The number of amides is 1. The van der Waals surface area contributed by atoms with Crippen molar-refractivity contribution in [3.63, 3.8) is 0 Å². The number of nitrogens with one attached hydrogen (secondary N) is 1. The number of nitrogens with zero attached hydrogens (tertiary/aromatic N) is 3. The van der Waals surface area contributed by atoms with Crippen molar-refractivity contribution in [3.8, 4) is 0 Å². The maximum Gasteiger partial charge on any atom is 0.253 e. The molecule has 7 nitrogen and oxygen atoms in total. The number of sulfonamides is 1. The highest BCUT2D eigenvalue weighted by atomic mass is 32.2. The molecule has 0 spiro atoms. The number of hydrogen-bond donors (Lipinski definition) is 1. The van der Waals surface area contributed by atoms with Crippen molar-refractivity contribution in [1.82, 2.24) is 19.2 Å². The summed E-state index contributed by atoms with van der Waals surface area (Å²) in [5, 5.41) is 0. The van der Waals surface area contributed by atoms with Crippen LogP contribution in [0.2, 0.25) is 0 Å². The third-order valence-electron chi connectivity index (χ3n) is 4.62. The number of imidazole rings is 1. The van der Waals surface area contributed by atoms with Crippen LogP contribution in [-0.2, 0) is 16.6 Å². The molecule has 0 aliphatic rings. The Kier molecular flexibility index (Phi) is 6.11. The monoisotopic (exact) mass is 400 g/mol. The summed E-state index contributed by atoms with van der Waals surface area (Å²) in [5.41, 5.74) is 2.17. The topological polar surface area (TPSA) is 84.3 Å². The first-order valence-corrected chi connectivity index (χ1v) is 10.7. The Hall–Kier alpha value is -2.71. The summed E-state index contributed by atoms with van der Waals surface area (Å²) in [6.45, 7) is 5.89. The van der Waals surface area contributed by atoms with Crippen molar-refractivity contribution in [1.29, 1.82) is 0 Å². The average molecular weight is 401 g/mol. The standard InChI is InChI=1S/C20H24N4O3S/c1-3-23(4-2)20(25)16-10-11-19-18(14-16)21-15-24(19)13-12-22-28(26,27)17-8-6-5-7-9-17/h5-11,14-15,22H,3-4,12-13H2,1-2H3. The fraction of sp³-hybridized carbons (Fsp3) is 0.300. The Labute approximate surface area is 165 Å². The SMILES string of the molecule is CCN(CC)C(=O)c1ccc2c(c1)ncn2CCNS(=O)(=O)c1ccccc1. The van der Waals surface area contributed by atoms with Crippen molar-refractivity contribution in [3.05, 3.63) is 60.4 Å². The number of carbonyl (C=O) groups is 1. The van der Waals surface area contributed by atoms with Gasteiger partial charge in [0, 0.05) is 31.7 Å².